The Morgan fingerprint density at radius 2 is 2.27 bits per heavy atom. The normalized spacial score (nSPS) is 9.53. The zero-order valence-corrected chi connectivity index (χ0v) is 9.40. The Morgan fingerprint density at radius 3 is 2.87 bits per heavy atom. The van der Waals surface area contributed by atoms with E-state index >= 15 is 0 Å². The number of aliphatic hydroxyl groups excluding tert-OH is 1. The molecule has 0 saturated heterocycles. The van der Waals surface area contributed by atoms with Crippen LogP contribution in [0.5, 0.6) is 0 Å². The molecule has 1 rings (SSSR count). The average molecular weight is 224 g/mol. The number of thioether (sulfide) groups is 1. The summed E-state index contributed by atoms with van der Waals surface area (Å²) >= 11 is 1.68. The molecule has 0 atom stereocenters. The van der Waals surface area contributed by atoms with E-state index in [-0.39, 0.29) is 12.4 Å². The quantitative estimate of drug-likeness (QED) is 0.796. The molecule has 80 valence electrons. The summed E-state index contributed by atoms with van der Waals surface area (Å²) in [5, 5.41) is 8.50. The first-order valence-corrected chi connectivity index (χ1v) is 5.89. The van der Waals surface area contributed by atoms with Gasteiger partial charge in [-0.1, -0.05) is 24.8 Å². The minimum atomic E-state index is -0.222. The van der Waals surface area contributed by atoms with Crippen molar-refractivity contribution in [2.75, 3.05) is 12.4 Å². The van der Waals surface area contributed by atoms with Gasteiger partial charge in [-0.25, -0.2) is 4.39 Å². The molecule has 0 bridgehead atoms. The van der Waals surface area contributed by atoms with Crippen molar-refractivity contribution in [2.45, 2.75) is 12.7 Å². The maximum atomic E-state index is 13.5. The van der Waals surface area contributed by atoms with Gasteiger partial charge in [0.15, 0.2) is 0 Å². The molecule has 0 spiro atoms. The number of hydrogen-bond donors (Lipinski definition) is 1. The third-order valence-corrected chi connectivity index (χ3v) is 2.75. The third kappa shape index (κ3) is 3.94. The first-order chi connectivity index (χ1) is 7.27. The second-order valence-corrected chi connectivity index (χ2v) is 4.18. The molecule has 1 aromatic carbocycles. The number of halogens is 1. The highest BCUT2D eigenvalue weighted by Gasteiger charge is 2.01. The maximum Gasteiger partial charge on any atom is 0.128 e. The molecule has 0 aliphatic heterocycles. The number of benzene rings is 1. The summed E-state index contributed by atoms with van der Waals surface area (Å²) in [5.41, 5.74) is 1.31. The van der Waals surface area contributed by atoms with Gasteiger partial charge in [0, 0.05) is 11.3 Å². The van der Waals surface area contributed by atoms with Crippen LogP contribution >= 0.6 is 11.8 Å². The second kappa shape index (κ2) is 6.49. The molecule has 0 aromatic heterocycles. The van der Waals surface area contributed by atoms with E-state index in [1.807, 2.05) is 6.92 Å². The van der Waals surface area contributed by atoms with Crippen LogP contribution < -0.4 is 0 Å². The van der Waals surface area contributed by atoms with Gasteiger partial charge < -0.3 is 5.11 Å². The van der Waals surface area contributed by atoms with Crippen molar-refractivity contribution < 1.29 is 9.50 Å². The summed E-state index contributed by atoms with van der Waals surface area (Å²) < 4.78 is 13.5. The smallest absolute Gasteiger partial charge is 0.128 e. The van der Waals surface area contributed by atoms with Gasteiger partial charge in [0.25, 0.3) is 0 Å². The molecule has 0 heterocycles. The van der Waals surface area contributed by atoms with Gasteiger partial charge in [0.05, 0.1) is 0 Å². The highest BCUT2D eigenvalue weighted by atomic mass is 32.2. The highest BCUT2D eigenvalue weighted by Crippen LogP contribution is 2.16. The summed E-state index contributed by atoms with van der Waals surface area (Å²) in [6.45, 7) is 1.85. The Bertz CT molecular complexity index is 379. The van der Waals surface area contributed by atoms with Crippen LogP contribution in [0.2, 0.25) is 0 Å². The summed E-state index contributed by atoms with van der Waals surface area (Å²) in [4.78, 5) is 0. The lowest BCUT2D eigenvalue weighted by atomic mass is 10.1. The molecule has 1 aromatic rings. The van der Waals surface area contributed by atoms with E-state index in [1.165, 1.54) is 6.07 Å². The van der Waals surface area contributed by atoms with Gasteiger partial charge in [0.2, 0.25) is 0 Å². The predicted molar refractivity (Wildman–Crippen MR) is 62.2 cm³/mol. The minimum absolute atomic E-state index is 0.199. The van der Waals surface area contributed by atoms with Gasteiger partial charge in [-0.05, 0) is 23.4 Å². The standard InChI is InChI=1S/C12H13FOS/c1-2-15-9-11-6-5-10(4-3-7-14)8-12(11)13/h5-6,8,14H,2,7,9H2,1H3. The fourth-order valence-electron chi connectivity index (χ4n) is 1.10. The molecule has 15 heavy (non-hydrogen) atoms. The fourth-order valence-corrected chi connectivity index (χ4v) is 1.75. The van der Waals surface area contributed by atoms with Crippen molar-refractivity contribution in [3.8, 4) is 11.8 Å². The van der Waals surface area contributed by atoms with Crippen molar-refractivity contribution in [1.29, 1.82) is 0 Å². The summed E-state index contributed by atoms with van der Waals surface area (Å²) in [6, 6.07) is 4.94. The maximum absolute atomic E-state index is 13.5. The Hall–Kier alpha value is -0.980. The van der Waals surface area contributed by atoms with Gasteiger partial charge in [-0.3, -0.25) is 0 Å². The lowest BCUT2D eigenvalue weighted by molar-refractivity contribution is 0.350. The molecule has 0 aliphatic carbocycles. The molecule has 3 heteroatoms. The van der Waals surface area contributed by atoms with Crippen molar-refractivity contribution in [1.82, 2.24) is 0 Å². The van der Waals surface area contributed by atoms with Gasteiger partial charge >= 0.3 is 0 Å². The Labute approximate surface area is 93.7 Å². The molecular formula is C12H13FOS. The molecule has 1 N–H and O–H groups in total. The van der Waals surface area contributed by atoms with Crippen LogP contribution in [-0.2, 0) is 5.75 Å². The SMILES string of the molecule is CCSCc1ccc(C#CCO)cc1F. The van der Waals surface area contributed by atoms with E-state index in [0.29, 0.717) is 16.9 Å². The van der Waals surface area contributed by atoms with E-state index < -0.39 is 0 Å². The van der Waals surface area contributed by atoms with Crippen molar-refractivity contribution >= 4 is 11.8 Å². The molecule has 0 fully saturated rings. The van der Waals surface area contributed by atoms with Crippen LogP contribution in [0.25, 0.3) is 0 Å². The van der Waals surface area contributed by atoms with Crippen LogP contribution in [-0.4, -0.2) is 17.5 Å². The van der Waals surface area contributed by atoms with Crippen molar-refractivity contribution in [3.63, 3.8) is 0 Å². The van der Waals surface area contributed by atoms with Crippen LogP contribution in [0.3, 0.4) is 0 Å². The van der Waals surface area contributed by atoms with Crippen LogP contribution in [0.15, 0.2) is 18.2 Å². The Kier molecular flexibility index (Phi) is 5.23. The topological polar surface area (TPSA) is 20.2 Å². The van der Waals surface area contributed by atoms with E-state index in [1.54, 1.807) is 23.9 Å². The number of aliphatic hydroxyl groups is 1. The molecule has 1 nitrogen and oxygen atoms in total. The average Bonchev–Trinajstić information content (AvgIpc) is 2.25. The highest BCUT2D eigenvalue weighted by molar-refractivity contribution is 7.98. The molecule has 0 saturated carbocycles. The van der Waals surface area contributed by atoms with E-state index in [4.69, 9.17) is 5.11 Å². The summed E-state index contributed by atoms with van der Waals surface area (Å²) in [6.07, 6.45) is 0. The lowest BCUT2D eigenvalue weighted by Crippen LogP contribution is -1.89. The van der Waals surface area contributed by atoms with Crippen molar-refractivity contribution in [2.24, 2.45) is 0 Å². The van der Waals surface area contributed by atoms with Gasteiger partial charge in [0.1, 0.15) is 12.4 Å². The summed E-state index contributed by atoms with van der Waals surface area (Å²) in [5.74, 6) is 6.61. The Balaban J connectivity index is 2.78. The molecule has 0 amide bonds. The first kappa shape index (κ1) is 12.1. The lowest BCUT2D eigenvalue weighted by Gasteiger charge is -2.01. The number of hydrogen-bond acceptors (Lipinski definition) is 2. The van der Waals surface area contributed by atoms with Gasteiger partial charge in [-0.15, -0.1) is 0 Å². The zero-order valence-electron chi connectivity index (χ0n) is 8.59. The fraction of sp³-hybridized carbons (Fsp3) is 0.333. The monoisotopic (exact) mass is 224 g/mol. The second-order valence-electron chi connectivity index (χ2n) is 2.90. The predicted octanol–water partition coefficient (Wildman–Crippen LogP) is 2.42. The van der Waals surface area contributed by atoms with Gasteiger partial charge in [-0.2, -0.15) is 11.8 Å². The van der Waals surface area contributed by atoms with Crippen LogP contribution in [0, 0.1) is 17.7 Å². The molecule has 0 unspecified atom stereocenters. The Morgan fingerprint density at radius 1 is 1.47 bits per heavy atom. The third-order valence-electron chi connectivity index (χ3n) is 1.83. The van der Waals surface area contributed by atoms with Crippen molar-refractivity contribution in [3.05, 3.63) is 35.1 Å². The first-order valence-electron chi connectivity index (χ1n) is 4.73. The number of rotatable bonds is 3. The summed E-state index contributed by atoms with van der Waals surface area (Å²) in [7, 11) is 0. The molecular weight excluding hydrogens is 211 g/mol. The largest absolute Gasteiger partial charge is 0.384 e. The van der Waals surface area contributed by atoms with E-state index in [0.717, 1.165) is 5.75 Å². The van der Waals surface area contributed by atoms with E-state index in [9.17, 15) is 4.39 Å². The molecule has 0 aliphatic rings. The molecule has 0 radical (unpaired) electrons. The van der Waals surface area contributed by atoms with Crippen LogP contribution in [0.1, 0.15) is 18.1 Å². The van der Waals surface area contributed by atoms with Crippen LogP contribution in [0.4, 0.5) is 4.39 Å². The zero-order chi connectivity index (χ0) is 11.1. The minimum Gasteiger partial charge on any atom is -0.384 e. The van der Waals surface area contributed by atoms with E-state index in [2.05, 4.69) is 11.8 Å².